The highest BCUT2D eigenvalue weighted by atomic mass is 16.2. The SMILES string of the molecule is CC(=O)Nc1cc2c(NC(=O)NCc3ccc(N4CCCCCC4)cc3)cccc2cn1. The van der Waals surface area contributed by atoms with Crippen LogP contribution >= 0.6 is 0 Å². The fourth-order valence-corrected chi connectivity index (χ4v) is 4.03. The van der Waals surface area contributed by atoms with Gasteiger partial charge in [0, 0.05) is 49.2 Å². The molecule has 1 aliphatic heterocycles. The van der Waals surface area contributed by atoms with E-state index in [0.717, 1.165) is 29.4 Å². The van der Waals surface area contributed by atoms with Gasteiger partial charge in [-0.3, -0.25) is 4.79 Å². The number of benzene rings is 2. The average Bonchev–Trinajstić information content (AvgIpc) is 3.08. The van der Waals surface area contributed by atoms with Gasteiger partial charge in [-0.25, -0.2) is 9.78 Å². The van der Waals surface area contributed by atoms with Crippen molar-refractivity contribution >= 4 is 39.9 Å². The van der Waals surface area contributed by atoms with E-state index >= 15 is 0 Å². The molecule has 32 heavy (non-hydrogen) atoms. The Bertz CT molecular complexity index is 1090. The fraction of sp³-hybridized carbons (Fsp3) is 0.320. The topological polar surface area (TPSA) is 86.4 Å². The van der Waals surface area contributed by atoms with Crippen LogP contribution in [0.2, 0.25) is 0 Å². The normalized spacial score (nSPS) is 14.0. The van der Waals surface area contributed by atoms with Crippen LogP contribution in [0.1, 0.15) is 38.2 Å². The Balaban J connectivity index is 1.37. The quantitative estimate of drug-likeness (QED) is 0.537. The van der Waals surface area contributed by atoms with Crippen LogP contribution in [0.25, 0.3) is 10.8 Å². The van der Waals surface area contributed by atoms with E-state index in [2.05, 4.69) is 50.1 Å². The van der Waals surface area contributed by atoms with E-state index in [4.69, 9.17) is 0 Å². The summed E-state index contributed by atoms with van der Waals surface area (Å²) >= 11 is 0. The Kier molecular flexibility index (Phi) is 6.84. The average molecular weight is 432 g/mol. The Labute approximate surface area is 188 Å². The van der Waals surface area contributed by atoms with Crippen LogP contribution in [0.3, 0.4) is 0 Å². The summed E-state index contributed by atoms with van der Waals surface area (Å²) in [6.07, 6.45) is 6.81. The predicted octanol–water partition coefficient (Wildman–Crippen LogP) is 4.90. The zero-order chi connectivity index (χ0) is 22.3. The molecule has 0 radical (unpaired) electrons. The largest absolute Gasteiger partial charge is 0.372 e. The number of carbonyl (C=O) groups excluding carboxylic acids is 2. The molecule has 1 aliphatic rings. The fourth-order valence-electron chi connectivity index (χ4n) is 4.03. The maximum atomic E-state index is 12.5. The summed E-state index contributed by atoms with van der Waals surface area (Å²) in [5.74, 6) is 0.256. The molecule has 0 saturated carbocycles. The molecule has 0 spiro atoms. The van der Waals surface area contributed by atoms with Gasteiger partial charge in [-0.2, -0.15) is 0 Å². The third-order valence-corrected chi connectivity index (χ3v) is 5.68. The molecule has 166 valence electrons. The number of amides is 3. The Morgan fingerprint density at radius 3 is 2.44 bits per heavy atom. The van der Waals surface area contributed by atoms with Crippen molar-refractivity contribution in [1.82, 2.24) is 10.3 Å². The molecule has 2 aromatic carbocycles. The molecular formula is C25H29N5O2. The number of hydrogen-bond acceptors (Lipinski definition) is 4. The van der Waals surface area contributed by atoms with Gasteiger partial charge < -0.3 is 20.9 Å². The van der Waals surface area contributed by atoms with E-state index in [-0.39, 0.29) is 11.9 Å². The molecule has 7 nitrogen and oxygen atoms in total. The van der Waals surface area contributed by atoms with Crippen molar-refractivity contribution in [1.29, 1.82) is 0 Å². The van der Waals surface area contributed by atoms with E-state index < -0.39 is 0 Å². The van der Waals surface area contributed by atoms with Crippen LogP contribution in [0.5, 0.6) is 0 Å². The van der Waals surface area contributed by atoms with Gasteiger partial charge in [0.05, 0.1) is 5.69 Å². The summed E-state index contributed by atoms with van der Waals surface area (Å²) < 4.78 is 0. The molecule has 0 unspecified atom stereocenters. The van der Waals surface area contributed by atoms with Gasteiger partial charge >= 0.3 is 6.03 Å². The number of carbonyl (C=O) groups is 2. The molecule has 3 N–H and O–H groups in total. The molecule has 1 saturated heterocycles. The minimum Gasteiger partial charge on any atom is -0.372 e. The molecular weight excluding hydrogens is 402 g/mol. The zero-order valence-electron chi connectivity index (χ0n) is 18.4. The van der Waals surface area contributed by atoms with E-state index in [1.54, 1.807) is 12.3 Å². The third kappa shape index (κ3) is 5.55. The van der Waals surface area contributed by atoms with Gasteiger partial charge in [0.1, 0.15) is 5.82 Å². The number of nitrogens with one attached hydrogen (secondary N) is 3. The highest BCUT2D eigenvalue weighted by Gasteiger charge is 2.11. The van der Waals surface area contributed by atoms with Crippen molar-refractivity contribution in [3.8, 4) is 0 Å². The minimum absolute atomic E-state index is 0.193. The van der Waals surface area contributed by atoms with Gasteiger partial charge in [0.25, 0.3) is 0 Å². The van der Waals surface area contributed by atoms with Gasteiger partial charge in [-0.1, -0.05) is 37.1 Å². The van der Waals surface area contributed by atoms with Crippen molar-refractivity contribution in [2.45, 2.75) is 39.2 Å². The first kappa shape index (κ1) is 21.6. The Hall–Kier alpha value is -3.61. The van der Waals surface area contributed by atoms with Crippen molar-refractivity contribution in [2.75, 3.05) is 28.6 Å². The molecule has 0 bridgehead atoms. The number of nitrogens with zero attached hydrogens (tertiary/aromatic N) is 2. The van der Waals surface area contributed by atoms with Gasteiger partial charge in [0.15, 0.2) is 0 Å². The minimum atomic E-state index is -0.285. The van der Waals surface area contributed by atoms with Crippen LogP contribution in [0.4, 0.5) is 22.0 Å². The summed E-state index contributed by atoms with van der Waals surface area (Å²) in [7, 11) is 0. The number of hydrogen-bond donors (Lipinski definition) is 3. The molecule has 0 atom stereocenters. The first-order chi connectivity index (χ1) is 15.6. The number of fused-ring (bicyclic) bond motifs is 1. The summed E-state index contributed by atoms with van der Waals surface area (Å²) in [6, 6.07) is 15.5. The number of urea groups is 1. The number of aromatic nitrogens is 1. The highest BCUT2D eigenvalue weighted by molar-refractivity contribution is 6.02. The van der Waals surface area contributed by atoms with Crippen molar-refractivity contribution < 1.29 is 9.59 Å². The molecule has 1 aromatic heterocycles. The molecule has 7 heteroatoms. The van der Waals surface area contributed by atoms with Gasteiger partial charge in [-0.15, -0.1) is 0 Å². The summed E-state index contributed by atoms with van der Waals surface area (Å²) in [5, 5.41) is 10.2. The standard InChI is InChI=1S/C25H29N5O2/c1-18(31)28-24-15-22-20(17-26-24)7-6-8-23(22)29-25(32)27-16-19-9-11-21(12-10-19)30-13-4-2-3-5-14-30/h6-12,15,17H,2-5,13-14,16H2,1H3,(H,26,28,31)(H2,27,29,32). The lowest BCUT2D eigenvalue weighted by Gasteiger charge is -2.22. The van der Waals surface area contributed by atoms with Crippen molar-refractivity contribution in [2.24, 2.45) is 0 Å². The second-order valence-electron chi connectivity index (χ2n) is 8.15. The molecule has 0 aliphatic carbocycles. The van der Waals surface area contributed by atoms with Crippen LogP contribution in [0.15, 0.2) is 54.7 Å². The number of anilines is 3. The first-order valence-electron chi connectivity index (χ1n) is 11.1. The molecule has 1 fully saturated rings. The van der Waals surface area contributed by atoms with Crippen LogP contribution in [-0.4, -0.2) is 30.0 Å². The summed E-state index contributed by atoms with van der Waals surface area (Å²) in [5.41, 5.74) is 2.96. The maximum absolute atomic E-state index is 12.5. The van der Waals surface area contributed by atoms with E-state index in [1.807, 2.05) is 18.2 Å². The van der Waals surface area contributed by atoms with Gasteiger partial charge in [0.2, 0.25) is 5.91 Å². The number of pyridine rings is 1. The molecule has 3 aromatic rings. The van der Waals surface area contributed by atoms with Crippen LogP contribution < -0.4 is 20.9 Å². The third-order valence-electron chi connectivity index (χ3n) is 5.68. The lowest BCUT2D eigenvalue weighted by molar-refractivity contribution is -0.114. The Morgan fingerprint density at radius 2 is 1.72 bits per heavy atom. The second-order valence-corrected chi connectivity index (χ2v) is 8.15. The van der Waals surface area contributed by atoms with Crippen LogP contribution in [0, 0.1) is 0 Å². The van der Waals surface area contributed by atoms with Crippen molar-refractivity contribution in [3.63, 3.8) is 0 Å². The maximum Gasteiger partial charge on any atom is 0.319 e. The first-order valence-corrected chi connectivity index (χ1v) is 11.1. The highest BCUT2D eigenvalue weighted by Crippen LogP contribution is 2.25. The lowest BCUT2D eigenvalue weighted by Crippen LogP contribution is -2.28. The molecule has 2 heterocycles. The Morgan fingerprint density at radius 1 is 0.969 bits per heavy atom. The van der Waals surface area contributed by atoms with E-state index in [9.17, 15) is 9.59 Å². The number of rotatable bonds is 5. The lowest BCUT2D eigenvalue weighted by atomic mass is 10.1. The smallest absolute Gasteiger partial charge is 0.319 e. The van der Waals surface area contributed by atoms with Crippen molar-refractivity contribution in [3.05, 3.63) is 60.3 Å². The summed E-state index contributed by atoms with van der Waals surface area (Å²) in [4.78, 5) is 30.5. The zero-order valence-corrected chi connectivity index (χ0v) is 18.4. The summed E-state index contributed by atoms with van der Waals surface area (Å²) in [6.45, 7) is 4.11. The second kappa shape index (κ2) is 10.1. The van der Waals surface area contributed by atoms with E-state index in [1.165, 1.54) is 38.3 Å². The molecule has 3 amide bonds. The monoisotopic (exact) mass is 431 g/mol. The van der Waals surface area contributed by atoms with Gasteiger partial charge in [-0.05, 0) is 42.7 Å². The van der Waals surface area contributed by atoms with Crippen LogP contribution in [-0.2, 0) is 11.3 Å². The van der Waals surface area contributed by atoms with E-state index in [0.29, 0.717) is 18.1 Å². The molecule has 4 rings (SSSR count). The predicted molar refractivity (Wildman–Crippen MR) is 129 cm³/mol.